The van der Waals surface area contributed by atoms with E-state index in [1.165, 1.54) is 0 Å². The number of rotatable bonds is 3. The summed E-state index contributed by atoms with van der Waals surface area (Å²) in [6.07, 6.45) is 0.580. The second-order valence-electron chi connectivity index (χ2n) is 5.36. The fourth-order valence-electron chi connectivity index (χ4n) is 2.30. The van der Waals surface area contributed by atoms with E-state index in [9.17, 15) is 0 Å². The SMILES string of the molecule is CC1(c2nc(Cc3cccc(Cl)c3)no2)COCC1N. The summed E-state index contributed by atoms with van der Waals surface area (Å²) in [6, 6.07) is 7.49. The average molecular weight is 294 g/mol. The van der Waals surface area contributed by atoms with Gasteiger partial charge < -0.3 is 15.0 Å². The van der Waals surface area contributed by atoms with E-state index >= 15 is 0 Å². The van der Waals surface area contributed by atoms with Crippen molar-refractivity contribution >= 4 is 11.6 Å². The van der Waals surface area contributed by atoms with Crippen LogP contribution in [0.25, 0.3) is 0 Å². The Kier molecular flexibility index (Phi) is 3.50. The molecule has 2 atom stereocenters. The number of benzene rings is 1. The van der Waals surface area contributed by atoms with Gasteiger partial charge in [0.1, 0.15) is 0 Å². The molecule has 1 fully saturated rings. The number of hydrogen-bond donors (Lipinski definition) is 1. The first-order valence-electron chi connectivity index (χ1n) is 6.49. The van der Waals surface area contributed by atoms with Crippen molar-refractivity contribution in [3.8, 4) is 0 Å². The monoisotopic (exact) mass is 293 g/mol. The van der Waals surface area contributed by atoms with Gasteiger partial charge in [-0.2, -0.15) is 4.98 Å². The molecule has 0 spiro atoms. The third-order valence-corrected chi connectivity index (χ3v) is 3.96. The van der Waals surface area contributed by atoms with Crippen molar-refractivity contribution in [2.45, 2.75) is 24.8 Å². The number of hydrogen-bond acceptors (Lipinski definition) is 5. The lowest BCUT2D eigenvalue weighted by atomic mass is 9.86. The molecule has 0 aliphatic carbocycles. The predicted octanol–water partition coefficient (Wildman–Crippen LogP) is 1.93. The van der Waals surface area contributed by atoms with E-state index in [0.29, 0.717) is 36.4 Å². The minimum absolute atomic E-state index is 0.123. The molecule has 6 heteroatoms. The molecule has 3 rings (SSSR count). The lowest BCUT2D eigenvalue weighted by molar-refractivity contribution is 0.169. The molecular formula is C14H16ClN3O2. The third-order valence-electron chi connectivity index (χ3n) is 3.73. The predicted molar refractivity (Wildman–Crippen MR) is 74.7 cm³/mol. The molecule has 0 saturated carbocycles. The zero-order valence-electron chi connectivity index (χ0n) is 11.2. The molecule has 2 N–H and O–H groups in total. The van der Waals surface area contributed by atoms with Crippen LogP contribution in [0.3, 0.4) is 0 Å². The smallest absolute Gasteiger partial charge is 0.236 e. The van der Waals surface area contributed by atoms with E-state index in [4.69, 9.17) is 26.6 Å². The molecule has 2 unspecified atom stereocenters. The molecule has 1 aromatic heterocycles. The second kappa shape index (κ2) is 5.16. The van der Waals surface area contributed by atoms with Crippen LogP contribution >= 0.6 is 11.6 Å². The minimum Gasteiger partial charge on any atom is -0.379 e. The molecule has 2 aromatic rings. The molecule has 106 valence electrons. The topological polar surface area (TPSA) is 74.2 Å². The molecular weight excluding hydrogens is 278 g/mol. The van der Waals surface area contributed by atoms with Crippen molar-refractivity contribution < 1.29 is 9.26 Å². The molecule has 1 saturated heterocycles. The van der Waals surface area contributed by atoms with Crippen LogP contribution in [-0.4, -0.2) is 29.4 Å². The van der Waals surface area contributed by atoms with E-state index in [2.05, 4.69) is 10.1 Å². The van der Waals surface area contributed by atoms with Crippen LogP contribution < -0.4 is 5.73 Å². The van der Waals surface area contributed by atoms with E-state index in [-0.39, 0.29) is 6.04 Å². The Balaban J connectivity index is 1.80. The Morgan fingerprint density at radius 1 is 1.50 bits per heavy atom. The highest BCUT2D eigenvalue weighted by Gasteiger charge is 2.44. The summed E-state index contributed by atoms with van der Waals surface area (Å²) in [4.78, 5) is 4.46. The van der Waals surface area contributed by atoms with Crippen LogP contribution in [0, 0.1) is 0 Å². The first kappa shape index (κ1) is 13.5. The summed E-state index contributed by atoms with van der Waals surface area (Å²) in [5.41, 5.74) is 6.70. The summed E-state index contributed by atoms with van der Waals surface area (Å²) in [7, 11) is 0. The van der Waals surface area contributed by atoms with Crippen LogP contribution in [0.2, 0.25) is 5.02 Å². The molecule has 2 heterocycles. The van der Waals surface area contributed by atoms with Crippen LogP contribution in [0.15, 0.2) is 28.8 Å². The summed E-state index contributed by atoms with van der Waals surface area (Å²) in [5, 5.41) is 4.72. The first-order chi connectivity index (χ1) is 9.58. The zero-order valence-corrected chi connectivity index (χ0v) is 11.9. The summed E-state index contributed by atoms with van der Waals surface area (Å²) in [5.74, 6) is 1.17. The Hall–Kier alpha value is -1.43. The number of nitrogens with two attached hydrogens (primary N) is 1. The summed E-state index contributed by atoms with van der Waals surface area (Å²) in [6.45, 7) is 3.01. The third kappa shape index (κ3) is 2.44. The Morgan fingerprint density at radius 2 is 2.35 bits per heavy atom. The standard InChI is InChI=1S/C14H16ClN3O2/c1-14(8-19-7-11(14)16)13-17-12(18-20-13)6-9-3-2-4-10(15)5-9/h2-5,11H,6-8,16H2,1H3. The maximum absolute atomic E-state index is 6.06. The summed E-state index contributed by atoms with van der Waals surface area (Å²) < 4.78 is 10.8. The van der Waals surface area contributed by atoms with Gasteiger partial charge in [0, 0.05) is 17.5 Å². The number of halogens is 1. The van der Waals surface area contributed by atoms with E-state index < -0.39 is 5.41 Å². The molecule has 1 aliphatic rings. The number of nitrogens with zero attached hydrogens (tertiary/aromatic N) is 2. The molecule has 20 heavy (non-hydrogen) atoms. The van der Waals surface area contributed by atoms with E-state index in [1.807, 2.05) is 31.2 Å². The quantitative estimate of drug-likeness (QED) is 0.936. The highest BCUT2D eigenvalue weighted by molar-refractivity contribution is 6.30. The fourth-order valence-corrected chi connectivity index (χ4v) is 2.51. The van der Waals surface area contributed by atoms with Crippen LogP contribution in [-0.2, 0) is 16.6 Å². The van der Waals surface area contributed by atoms with E-state index in [0.717, 1.165) is 5.56 Å². The van der Waals surface area contributed by atoms with Crippen LogP contribution in [0.1, 0.15) is 24.2 Å². The largest absolute Gasteiger partial charge is 0.379 e. The normalized spacial score (nSPS) is 26.1. The molecule has 5 nitrogen and oxygen atoms in total. The maximum Gasteiger partial charge on any atom is 0.236 e. The highest BCUT2D eigenvalue weighted by Crippen LogP contribution is 2.30. The van der Waals surface area contributed by atoms with Crippen LogP contribution in [0.5, 0.6) is 0 Å². The van der Waals surface area contributed by atoms with Crippen molar-refractivity contribution in [2.24, 2.45) is 5.73 Å². The molecule has 1 aliphatic heterocycles. The first-order valence-corrected chi connectivity index (χ1v) is 6.86. The van der Waals surface area contributed by atoms with Crippen molar-refractivity contribution in [1.29, 1.82) is 0 Å². The van der Waals surface area contributed by atoms with Crippen molar-refractivity contribution in [3.63, 3.8) is 0 Å². The summed E-state index contributed by atoms with van der Waals surface area (Å²) >= 11 is 5.96. The lowest BCUT2D eigenvalue weighted by Crippen LogP contribution is -2.42. The lowest BCUT2D eigenvalue weighted by Gasteiger charge is -2.21. The highest BCUT2D eigenvalue weighted by atomic mass is 35.5. The van der Waals surface area contributed by atoms with Crippen molar-refractivity contribution in [1.82, 2.24) is 10.1 Å². The van der Waals surface area contributed by atoms with Gasteiger partial charge in [0.2, 0.25) is 5.89 Å². The van der Waals surface area contributed by atoms with Gasteiger partial charge in [-0.05, 0) is 24.6 Å². The molecule has 0 radical (unpaired) electrons. The van der Waals surface area contributed by atoms with Crippen LogP contribution in [0.4, 0.5) is 0 Å². The second-order valence-corrected chi connectivity index (χ2v) is 5.80. The molecule has 1 aromatic carbocycles. The fraction of sp³-hybridized carbons (Fsp3) is 0.429. The maximum atomic E-state index is 6.06. The van der Waals surface area contributed by atoms with Gasteiger partial charge in [-0.3, -0.25) is 0 Å². The van der Waals surface area contributed by atoms with Gasteiger partial charge in [0.05, 0.1) is 18.6 Å². The van der Waals surface area contributed by atoms with Gasteiger partial charge >= 0.3 is 0 Å². The van der Waals surface area contributed by atoms with Crippen molar-refractivity contribution in [3.05, 3.63) is 46.6 Å². The van der Waals surface area contributed by atoms with Gasteiger partial charge in [0.15, 0.2) is 5.82 Å². The average Bonchev–Trinajstić information content (AvgIpc) is 2.99. The minimum atomic E-state index is -0.403. The molecule has 0 bridgehead atoms. The van der Waals surface area contributed by atoms with Gasteiger partial charge in [-0.1, -0.05) is 28.9 Å². The Morgan fingerprint density at radius 3 is 3.05 bits per heavy atom. The van der Waals surface area contributed by atoms with Gasteiger partial charge in [-0.25, -0.2) is 0 Å². The zero-order chi connectivity index (χ0) is 14.2. The molecule has 0 amide bonds. The van der Waals surface area contributed by atoms with Gasteiger partial charge in [-0.15, -0.1) is 0 Å². The van der Waals surface area contributed by atoms with Gasteiger partial charge in [0.25, 0.3) is 0 Å². The van der Waals surface area contributed by atoms with E-state index in [1.54, 1.807) is 0 Å². The number of aromatic nitrogens is 2. The Bertz CT molecular complexity index is 616. The van der Waals surface area contributed by atoms with Crippen molar-refractivity contribution in [2.75, 3.05) is 13.2 Å². The number of ether oxygens (including phenoxy) is 1. The Labute approximate surface area is 122 Å².